The first-order chi connectivity index (χ1) is 7.08. The molecule has 0 aromatic carbocycles. The first-order valence-corrected chi connectivity index (χ1v) is 6.96. The van der Waals surface area contributed by atoms with E-state index in [2.05, 4.69) is 10.0 Å². The zero-order valence-corrected chi connectivity index (χ0v) is 11.1. The molecule has 1 heterocycles. The van der Waals surface area contributed by atoms with Crippen molar-refractivity contribution in [2.75, 3.05) is 26.7 Å². The van der Waals surface area contributed by atoms with Gasteiger partial charge in [0.05, 0.1) is 0 Å². The highest BCUT2D eigenvalue weighted by molar-refractivity contribution is 7.87. The molecule has 5 nitrogen and oxygen atoms in total. The second kappa shape index (κ2) is 5.64. The normalized spacial score (nSPS) is 25.8. The number of rotatable bonds is 5. The Balaban J connectivity index is 0.00000128. The van der Waals surface area contributed by atoms with Gasteiger partial charge in [0, 0.05) is 26.2 Å². The molecule has 1 unspecified atom stereocenters. The van der Waals surface area contributed by atoms with E-state index in [4.69, 9.17) is 0 Å². The number of halogens is 1. The summed E-state index contributed by atoms with van der Waals surface area (Å²) in [6.07, 6.45) is 3.23. The van der Waals surface area contributed by atoms with E-state index in [-0.39, 0.29) is 18.4 Å². The van der Waals surface area contributed by atoms with Gasteiger partial charge < -0.3 is 5.32 Å². The first-order valence-electron chi connectivity index (χ1n) is 5.52. The largest absolute Gasteiger partial charge is 0.315 e. The van der Waals surface area contributed by atoms with Crippen LogP contribution in [0, 0.1) is 5.92 Å². The van der Waals surface area contributed by atoms with Crippen LogP contribution >= 0.6 is 12.4 Å². The molecule has 2 fully saturated rings. The van der Waals surface area contributed by atoms with Gasteiger partial charge in [0.2, 0.25) is 0 Å². The van der Waals surface area contributed by atoms with Crippen LogP contribution < -0.4 is 10.0 Å². The van der Waals surface area contributed by atoms with Gasteiger partial charge in [-0.1, -0.05) is 0 Å². The van der Waals surface area contributed by atoms with E-state index >= 15 is 0 Å². The zero-order valence-electron chi connectivity index (χ0n) is 9.48. The quantitative estimate of drug-likeness (QED) is 0.736. The second-order valence-corrected chi connectivity index (χ2v) is 6.35. The van der Waals surface area contributed by atoms with Crippen LogP contribution in [0.3, 0.4) is 0 Å². The van der Waals surface area contributed by atoms with E-state index in [1.54, 1.807) is 7.05 Å². The molecule has 0 aromatic heterocycles. The van der Waals surface area contributed by atoms with Gasteiger partial charge in [-0.25, -0.2) is 0 Å². The Morgan fingerprint density at radius 3 is 2.56 bits per heavy atom. The van der Waals surface area contributed by atoms with Crippen molar-refractivity contribution in [1.82, 2.24) is 14.3 Å². The van der Waals surface area contributed by atoms with Gasteiger partial charge in [-0.05, 0) is 31.7 Å². The lowest BCUT2D eigenvalue weighted by molar-refractivity contribution is 0.435. The molecule has 2 N–H and O–H groups in total. The van der Waals surface area contributed by atoms with E-state index in [9.17, 15) is 8.42 Å². The lowest BCUT2D eigenvalue weighted by Crippen LogP contribution is -2.45. The average Bonchev–Trinajstić information content (AvgIpc) is 2.82. The third-order valence-electron chi connectivity index (χ3n) is 3.00. The van der Waals surface area contributed by atoms with Gasteiger partial charge in [-0.3, -0.25) is 0 Å². The maximum absolute atomic E-state index is 11.8. The van der Waals surface area contributed by atoms with Gasteiger partial charge in [0.15, 0.2) is 0 Å². The highest BCUT2D eigenvalue weighted by atomic mass is 35.5. The smallest absolute Gasteiger partial charge is 0.279 e. The average molecular weight is 270 g/mol. The molecule has 0 spiro atoms. The van der Waals surface area contributed by atoms with Crippen molar-refractivity contribution in [3.8, 4) is 0 Å². The third-order valence-corrected chi connectivity index (χ3v) is 4.60. The molecule has 1 atom stereocenters. The van der Waals surface area contributed by atoms with Crippen LogP contribution in [-0.2, 0) is 10.2 Å². The maximum atomic E-state index is 11.8. The monoisotopic (exact) mass is 269 g/mol. The summed E-state index contributed by atoms with van der Waals surface area (Å²) in [5.74, 6) is 0.591. The first kappa shape index (κ1) is 14.2. The molecule has 16 heavy (non-hydrogen) atoms. The Bertz CT molecular complexity index is 313. The van der Waals surface area contributed by atoms with Crippen molar-refractivity contribution in [2.45, 2.75) is 25.3 Å². The number of nitrogens with zero attached hydrogens (tertiary/aromatic N) is 1. The van der Waals surface area contributed by atoms with Crippen molar-refractivity contribution in [2.24, 2.45) is 5.92 Å². The van der Waals surface area contributed by atoms with Gasteiger partial charge in [0.25, 0.3) is 10.2 Å². The van der Waals surface area contributed by atoms with E-state index in [1.165, 1.54) is 17.1 Å². The number of hydrogen-bond donors (Lipinski definition) is 2. The van der Waals surface area contributed by atoms with Gasteiger partial charge in [-0.2, -0.15) is 17.4 Å². The van der Waals surface area contributed by atoms with Crippen LogP contribution in [0.5, 0.6) is 0 Å². The highest BCUT2D eigenvalue weighted by Gasteiger charge is 2.29. The summed E-state index contributed by atoms with van der Waals surface area (Å²) >= 11 is 0. The lowest BCUT2D eigenvalue weighted by Gasteiger charge is -2.20. The van der Waals surface area contributed by atoms with Crippen molar-refractivity contribution in [3.63, 3.8) is 0 Å². The standard InChI is InChI=1S/C9H19N3O2S.ClH/c1-12(7-8-2-3-8)15(13,14)11-9-4-5-10-6-9;/h8-11H,2-7H2,1H3;1H. The van der Waals surface area contributed by atoms with E-state index in [0.717, 1.165) is 19.5 Å². The molecule has 2 rings (SSSR count). The predicted molar refractivity (Wildman–Crippen MR) is 65.9 cm³/mol. The minimum Gasteiger partial charge on any atom is -0.315 e. The summed E-state index contributed by atoms with van der Waals surface area (Å²) in [4.78, 5) is 0. The summed E-state index contributed by atoms with van der Waals surface area (Å²) in [5, 5.41) is 3.14. The fraction of sp³-hybridized carbons (Fsp3) is 1.00. The van der Waals surface area contributed by atoms with Crippen LogP contribution in [0.15, 0.2) is 0 Å². The summed E-state index contributed by atoms with van der Waals surface area (Å²) in [6, 6.07) is 0.0663. The zero-order chi connectivity index (χ0) is 10.9. The van der Waals surface area contributed by atoms with Gasteiger partial charge in [0.1, 0.15) is 0 Å². The van der Waals surface area contributed by atoms with Crippen LogP contribution in [-0.4, -0.2) is 45.4 Å². The molecule has 0 radical (unpaired) electrons. The SMILES string of the molecule is CN(CC1CC1)S(=O)(=O)NC1CCNC1.Cl. The number of hydrogen-bond acceptors (Lipinski definition) is 3. The van der Waals surface area contributed by atoms with Crippen LogP contribution in [0.2, 0.25) is 0 Å². The van der Waals surface area contributed by atoms with E-state index in [1.807, 2.05) is 0 Å². The van der Waals surface area contributed by atoms with Crippen LogP contribution in [0.25, 0.3) is 0 Å². The molecule has 1 saturated heterocycles. The summed E-state index contributed by atoms with van der Waals surface area (Å²) < 4.78 is 27.8. The van der Waals surface area contributed by atoms with Crippen molar-refractivity contribution in [3.05, 3.63) is 0 Å². The van der Waals surface area contributed by atoms with Crippen LogP contribution in [0.1, 0.15) is 19.3 Å². The van der Waals surface area contributed by atoms with E-state index in [0.29, 0.717) is 12.5 Å². The molecule has 0 aromatic rings. The summed E-state index contributed by atoms with van der Waals surface area (Å²) in [6.45, 7) is 2.31. The fourth-order valence-corrected chi connectivity index (χ4v) is 3.03. The molecule has 0 bridgehead atoms. The fourth-order valence-electron chi connectivity index (χ4n) is 1.82. The Morgan fingerprint density at radius 2 is 2.06 bits per heavy atom. The van der Waals surface area contributed by atoms with Gasteiger partial charge in [-0.15, -0.1) is 12.4 Å². The molecule has 1 aliphatic carbocycles. The van der Waals surface area contributed by atoms with Crippen molar-refractivity contribution in [1.29, 1.82) is 0 Å². The molecular weight excluding hydrogens is 250 g/mol. The summed E-state index contributed by atoms with van der Waals surface area (Å²) in [5.41, 5.74) is 0. The second-order valence-electron chi connectivity index (χ2n) is 4.54. The van der Waals surface area contributed by atoms with Gasteiger partial charge >= 0.3 is 0 Å². The molecule has 1 aliphatic heterocycles. The molecule has 2 aliphatic rings. The third kappa shape index (κ3) is 3.85. The molecule has 1 saturated carbocycles. The van der Waals surface area contributed by atoms with E-state index < -0.39 is 10.2 Å². The highest BCUT2D eigenvalue weighted by Crippen LogP contribution is 2.29. The Hall–Kier alpha value is 0.120. The van der Waals surface area contributed by atoms with Crippen molar-refractivity contribution >= 4 is 22.6 Å². The Morgan fingerprint density at radius 1 is 1.38 bits per heavy atom. The Kier molecular flexibility index (Phi) is 5.00. The minimum atomic E-state index is -3.26. The lowest BCUT2D eigenvalue weighted by atomic mass is 10.3. The topological polar surface area (TPSA) is 61.4 Å². The molecule has 96 valence electrons. The molecule has 7 heteroatoms. The molecular formula is C9H20ClN3O2S. The van der Waals surface area contributed by atoms with Crippen LogP contribution in [0.4, 0.5) is 0 Å². The predicted octanol–water partition coefficient (Wildman–Crippen LogP) is -0.0537. The maximum Gasteiger partial charge on any atom is 0.279 e. The minimum absolute atomic E-state index is 0. The van der Waals surface area contributed by atoms with Crippen molar-refractivity contribution < 1.29 is 8.42 Å². The number of nitrogens with one attached hydrogen (secondary N) is 2. The Labute approximate surface area is 104 Å². The molecule has 0 amide bonds. The summed E-state index contributed by atoms with van der Waals surface area (Å²) in [7, 11) is -1.60.